The molecule has 0 atom stereocenters. The van der Waals surface area contributed by atoms with E-state index in [0.29, 0.717) is 16.4 Å². The predicted molar refractivity (Wildman–Crippen MR) is 104 cm³/mol. The van der Waals surface area contributed by atoms with Crippen LogP contribution in [-0.4, -0.2) is 35.3 Å². The van der Waals surface area contributed by atoms with Gasteiger partial charge in [-0.2, -0.15) is 0 Å². The Morgan fingerprint density at radius 2 is 1.88 bits per heavy atom. The number of imide groups is 1. The highest BCUT2D eigenvalue weighted by Crippen LogP contribution is 2.38. The monoisotopic (exact) mass is 461 g/mol. The molecule has 0 bridgehead atoms. The van der Waals surface area contributed by atoms with Crippen LogP contribution in [-0.2, 0) is 4.79 Å². The first-order valence-corrected chi connectivity index (χ1v) is 9.45. The summed E-state index contributed by atoms with van der Waals surface area (Å²) in [5.41, 5.74) is 0.793. The molecular weight excluding hydrogens is 441 g/mol. The van der Waals surface area contributed by atoms with E-state index in [4.69, 9.17) is 9.47 Å². The Hall–Kier alpha value is -1.22. The van der Waals surface area contributed by atoms with Crippen LogP contribution in [0.4, 0.5) is 4.79 Å². The van der Waals surface area contributed by atoms with E-state index >= 15 is 0 Å². The zero-order chi connectivity index (χ0) is 18.0. The Morgan fingerprint density at radius 1 is 1.21 bits per heavy atom. The van der Waals surface area contributed by atoms with E-state index in [1.807, 2.05) is 39.8 Å². The van der Waals surface area contributed by atoms with Gasteiger partial charge in [0.2, 0.25) is 0 Å². The van der Waals surface area contributed by atoms with Gasteiger partial charge >= 0.3 is 0 Å². The Labute approximate surface area is 159 Å². The molecule has 1 aromatic carbocycles. The van der Waals surface area contributed by atoms with Crippen LogP contribution in [0.1, 0.15) is 33.3 Å². The summed E-state index contributed by atoms with van der Waals surface area (Å²) in [6.07, 6.45) is 1.75. The average molecular weight is 461 g/mol. The molecule has 0 N–H and O–H groups in total. The standard InChI is InChI=1S/C17H20INO4S/c1-9(2)19-16(20)14(24-17(19)21)8-11-6-12(18)15(23-10(3)4)13(7-11)22-5/h6-10H,1-5H3. The molecule has 1 heterocycles. The molecule has 2 rings (SSSR count). The maximum absolute atomic E-state index is 12.4. The minimum atomic E-state index is -0.253. The third kappa shape index (κ3) is 4.05. The van der Waals surface area contributed by atoms with Crippen LogP contribution in [0.15, 0.2) is 17.0 Å². The van der Waals surface area contributed by atoms with Gasteiger partial charge in [0.15, 0.2) is 11.5 Å². The lowest BCUT2D eigenvalue weighted by molar-refractivity contribution is -0.123. The van der Waals surface area contributed by atoms with Crippen molar-refractivity contribution < 1.29 is 19.1 Å². The lowest BCUT2D eigenvalue weighted by Crippen LogP contribution is -2.34. The highest BCUT2D eigenvalue weighted by Gasteiger charge is 2.36. The van der Waals surface area contributed by atoms with Crippen LogP contribution in [0.5, 0.6) is 11.5 Å². The fourth-order valence-corrected chi connectivity index (χ4v) is 3.96. The number of halogens is 1. The molecule has 5 nitrogen and oxygen atoms in total. The second kappa shape index (κ2) is 7.77. The molecule has 2 amide bonds. The number of hydrogen-bond donors (Lipinski definition) is 0. The number of amides is 2. The van der Waals surface area contributed by atoms with E-state index in [1.54, 1.807) is 13.2 Å². The van der Waals surface area contributed by atoms with Gasteiger partial charge in [0, 0.05) is 6.04 Å². The van der Waals surface area contributed by atoms with Crippen molar-refractivity contribution in [1.82, 2.24) is 4.90 Å². The summed E-state index contributed by atoms with van der Waals surface area (Å²) in [6, 6.07) is 3.56. The molecule has 0 aromatic heterocycles. The molecule has 7 heteroatoms. The minimum Gasteiger partial charge on any atom is -0.493 e. The van der Waals surface area contributed by atoms with Gasteiger partial charge in [0.1, 0.15) is 0 Å². The lowest BCUT2D eigenvalue weighted by Gasteiger charge is -2.16. The van der Waals surface area contributed by atoms with Crippen LogP contribution in [0.25, 0.3) is 6.08 Å². The first kappa shape index (κ1) is 19.1. The topological polar surface area (TPSA) is 55.8 Å². The van der Waals surface area contributed by atoms with Gasteiger partial charge in [0.05, 0.1) is 21.7 Å². The van der Waals surface area contributed by atoms with Crippen LogP contribution < -0.4 is 9.47 Å². The molecule has 0 saturated carbocycles. The summed E-state index contributed by atoms with van der Waals surface area (Å²) in [5, 5.41) is -0.234. The summed E-state index contributed by atoms with van der Waals surface area (Å²) in [6.45, 7) is 7.54. The second-order valence-corrected chi connectivity index (χ2v) is 8.00. The maximum atomic E-state index is 12.4. The van der Waals surface area contributed by atoms with Gasteiger partial charge in [-0.05, 0) is 85.8 Å². The van der Waals surface area contributed by atoms with Gasteiger partial charge in [-0.3, -0.25) is 14.5 Å². The lowest BCUT2D eigenvalue weighted by atomic mass is 10.1. The summed E-state index contributed by atoms with van der Waals surface area (Å²) in [4.78, 5) is 26.0. The molecule has 1 aromatic rings. The zero-order valence-electron chi connectivity index (χ0n) is 14.3. The largest absolute Gasteiger partial charge is 0.493 e. The van der Waals surface area contributed by atoms with Crippen LogP contribution in [0, 0.1) is 3.57 Å². The number of benzene rings is 1. The number of hydrogen-bond acceptors (Lipinski definition) is 5. The Balaban J connectivity index is 2.39. The van der Waals surface area contributed by atoms with Gasteiger partial charge < -0.3 is 9.47 Å². The molecule has 0 spiro atoms. The Bertz CT molecular complexity index is 700. The number of ether oxygens (including phenoxy) is 2. The molecule has 1 aliphatic heterocycles. The van der Waals surface area contributed by atoms with Crippen LogP contribution in [0.3, 0.4) is 0 Å². The summed E-state index contributed by atoms with van der Waals surface area (Å²) >= 11 is 3.14. The van der Waals surface area contributed by atoms with Crippen molar-refractivity contribution >= 4 is 51.6 Å². The van der Waals surface area contributed by atoms with Crippen molar-refractivity contribution in [3.63, 3.8) is 0 Å². The van der Waals surface area contributed by atoms with Gasteiger partial charge in [0.25, 0.3) is 11.1 Å². The maximum Gasteiger partial charge on any atom is 0.293 e. The van der Waals surface area contributed by atoms with Crippen molar-refractivity contribution in [2.75, 3.05) is 7.11 Å². The quantitative estimate of drug-likeness (QED) is 0.477. The third-order valence-electron chi connectivity index (χ3n) is 3.24. The van der Waals surface area contributed by atoms with Crippen molar-refractivity contribution in [2.45, 2.75) is 39.8 Å². The summed E-state index contributed by atoms with van der Waals surface area (Å²) in [5.74, 6) is 1.03. The SMILES string of the molecule is COc1cc(C=C2SC(=O)N(C(C)C)C2=O)cc(I)c1OC(C)C. The molecule has 1 saturated heterocycles. The van der Waals surface area contributed by atoms with E-state index in [1.165, 1.54) is 4.90 Å². The molecule has 0 aliphatic carbocycles. The summed E-state index contributed by atoms with van der Waals surface area (Å²) in [7, 11) is 1.58. The molecule has 24 heavy (non-hydrogen) atoms. The second-order valence-electron chi connectivity index (χ2n) is 5.85. The number of rotatable bonds is 5. The molecule has 1 fully saturated rings. The average Bonchev–Trinajstić information content (AvgIpc) is 2.75. The van der Waals surface area contributed by atoms with E-state index in [2.05, 4.69) is 22.6 Å². The summed E-state index contributed by atoms with van der Waals surface area (Å²) < 4.78 is 12.1. The molecule has 1 aliphatic rings. The van der Waals surface area contributed by atoms with Gasteiger partial charge in [-0.25, -0.2) is 0 Å². The normalized spacial score (nSPS) is 16.7. The fraction of sp³-hybridized carbons (Fsp3) is 0.412. The van der Waals surface area contributed by atoms with Crippen molar-refractivity contribution in [3.05, 3.63) is 26.2 Å². The highest BCUT2D eigenvalue weighted by molar-refractivity contribution is 14.1. The minimum absolute atomic E-state index is 0.0285. The van der Waals surface area contributed by atoms with Crippen molar-refractivity contribution in [1.29, 1.82) is 0 Å². The van der Waals surface area contributed by atoms with Crippen molar-refractivity contribution in [2.24, 2.45) is 0 Å². The first-order valence-electron chi connectivity index (χ1n) is 7.55. The molecule has 130 valence electrons. The van der Waals surface area contributed by atoms with E-state index in [9.17, 15) is 9.59 Å². The molecule has 0 radical (unpaired) electrons. The van der Waals surface area contributed by atoms with E-state index in [0.717, 1.165) is 20.9 Å². The third-order valence-corrected chi connectivity index (χ3v) is 4.93. The Kier molecular flexibility index (Phi) is 6.19. The zero-order valence-corrected chi connectivity index (χ0v) is 17.2. The number of methoxy groups -OCH3 is 1. The van der Waals surface area contributed by atoms with E-state index < -0.39 is 0 Å². The molecule has 0 unspecified atom stereocenters. The van der Waals surface area contributed by atoms with Gasteiger partial charge in [-0.1, -0.05) is 0 Å². The highest BCUT2D eigenvalue weighted by atomic mass is 127. The Morgan fingerprint density at radius 3 is 2.38 bits per heavy atom. The number of nitrogens with zero attached hydrogens (tertiary/aromatic N) is 1. The first-order chi connectivity index (χ1) is 11.2. The van der Waals surface area contributed by atoms with Crippen LogP contribution in [0.2, 0.25) is 0 Å². The fourth-order valence-electron chi connectivity index (χ4n) is 2.25. The van der Waals surface area contributed by atoms with Crippen molar-refractivity contribution in [3.8, 4) is 11.5 Å². The number of carbonyl (C=O) groups is 2. The van der Waals surface area contributed by atoms with Crippen LogP contribution >= 0.6 is 34.4 Å². The number of carbonyl (C=O) groups excluding carboxylic acids is 2. The number of thioether (sulfide) groups is 1. The van der Waals surface area contributed by atoms with E-state index in [-0.39, 0.29) is 23.3 Å². The van der Waals surface area contributed by atoms with Gasteiger partial charge in [-0.15, -0.1) is 0 Å². The molecular formula is C17H20INO4S. The predicted octanol–water partition coefficient (Wildman–Crippen LogP) is 4.53. The smallest absolute Gasteiger partial charge is 0.293 e.